The molecule has 5 heterocycles. The Balaban J connectivity index is 0.00000266. The molecule has 4 aromatic carbocycles. The van der Waals surface area contributed by atoms with Crippen LogP contribution in [0, 0.1) is 5.92 Å². The Morgan fingerprint density at radius 1 is 0.946 bits per heavy atom. The number of hydrogen-bond donors (Lipinski definition) is 5. The smallest absolute Gasteiger partial charge is 0.419 e. The first-order valence-electron chi connectivity index (χ1n) is 18.5. The molecular weight excluding hydrogens is 724 g/mol. The molecular formula is C42H45F2N5O7. The molecule has 0 unspecified atom stereocenters. The van der Waals surface area contributed by atoms with Crippen molar-refractivity contribution in [3.05, 3.63) is 129 Å². The number of phenols is 1. The zero-order chi connectivity index (χ0) is 37.3. The number of anilines is 1. The summed E-state index contributed by atoms with van der Waals surface area (Å²) in [6.45, 7) is 3.83. The Labute approximate surface area is 320 Å². The van der Waals surface area contributed by atoms with E-state index in [0.717, 1.165) is 54.7 Å². The van der Waals surface area contributed by atoms with Gasteiger partial charge in [-0.25, -0.2) is 9.59 Å². The number of aliphatic hydroxyl groups is 1. The van der Waals surface area contributed by atoms with Gasteiger partial charge in [0.1, 0.15) is 5.75 Å². The monoisotopic (exact) mass is 769 g/mol. The van der Waals surface area contributed by atoms with E-state index in [9.17, 15) is 29.7 Å². The number of carbonyl (C=O) groups is 1. The van der Waals surface area contributed by atoms with E-state index in [2.05, 4.69) is 21.3 Å². The van der Waals surface area contributed by atoms with Gasteiger partial charge in [0.15, 0.2) is 5.58 Å². The first-order valence-corrected chi connectivity index (χ1v) is 18.5. The van der Waals surface area contributed by atoms with Gasteiger partial charge >= 0.3 is 11.8 Å². The molecule has 14 heteroatoms. The lowest BCUT2D eigenvalue weighted by Crippen LogP contribution is -2.59. The number of pyridine rings is 1. The summed E-state index contributed by atoms with van der Waals surface area (Å²) in [7, 11) is 0. The summed E-state index contributed by atoms with van der Waals surface area (Å²) in [5.41, 5.74) is 6.10. The standard InChI is InChI=1S/C42H43N5O7.2FH/c48-36-14-11-31(32-12-15-39(50)44-40(32)36)37(49)24-43-23-27-9-13-33-38(22-27)54-42(53)46(33)18-4-5-26-8-10-30(28-6-2-1-3-7-28)34(21-26)47(41(51)52)35-25-45-19-16-29(35)17-20-45;;/h1-3,6-15,21-22,29,35,37,43,48-49H,4-5,16-20,23-25H2,(H,44,50)(H,51,52);2*1H/t35-,37-;;/m0../s1. The number of nitrogens with one attached hydrogen (secondary N) is 2. The molecule has 1 amide bonds. The molecule has 9 rings (SSSR count). The van der Waals surface area contributed by atoms with Crippen molar-refractivity contribution in [2.24, 2.45) is 5.92 Å². The van der Waals surface area contributed by atoms with E-state index >= 15 is 0 Å². The van der Waals surface area contributed by atoms with Crippen LogP contribution < -0.4 is 21.5 Å². The van der Waals surface area contributed by atoms with E-state index in [4.69, 9.17) is 4.42 Å². The number of nitrogens with zero attached hydrogens (tertiary/aromatic N) is 3. The maximum atomic E-state index is 13.0. The van der Waals surface area contributed by atoms with Gasteiger partial charge in [0, 0.05) is 43.2 Å². The van der Waals surface area contributed by atoms with Gasteiger partial charge in [0.25, 0.3) is 0 Å². The molecule has 0 spiro atoms. The van der Waals surface area contributed by atoms with E-state index in [1.54, 1.807) is 21.6 Å². The molecule has 0 aliphatic carbocycles. The molecule has 12 nitrogen and oxygen atoms in total. The zero-order valence-corrected chi connectivity index (χ0v) is 30.6. The van der Waals surface area contributed by atoms with Crippen LogP contribution in [0.2, 0.25) is 0 Å². The van der Waals surface area contributed by atoms with Crippen LogP contribution >= 0.6 is 0 Å². The van der Waals surface area contributed by atoms with Crippen LogP contribution in [0.5, 0.6) is 5.75 Å². The number of benzene rings is 4. The molecule has 2 aromatic heterocycles. The molecule has 294 valence electrons. The summed E-state index contributed by atoms with van der Waals surface area (Å²) in [6, 6.07) is 27.5. The van der Waals surface area contributed by atoms with Crippen molar-refractivity contribution in [3.8, 4) is 16.9 Å². The highest BCUT2D eigenvalue weighted by atomic mass is 19.0. The predicted molar refractivity (Wildman–Crippen MR) is 212 cm³/mol. The van der Waals surface area contributed by atoms with Crippen molar-refractivity contribution in [2.45, 2.75) is 50.9 Å². The summed E-state index contributed by atoms with van der Waals surface area (Å²) in [6.07, 6.45) is 1.47. The van der Waals surface area contributed by atoms with Crippen molar-refractivity contribution in [2.75, 3.05) is 31.1 Å². The Morgan fingerprint density at radius 2 is 1.71 bits per heavy atom. The Hall–Kier alpha value is -5.83. The quantitative estimate of drug-likeness (QED) is 0.0983. The van der Waals surface area contributed by atoms with Crippen molar-refractivity contribution in [3.63, 3.8) is 0 Å². The normalized spacial score (nSPS) is 18.0. The van der Waals surface area contributed by atoms with E-state index in [0.29, 0.717) is 59.6 Å². The number of fused-ring (bicyclic) bond motifs is 5. The van der Waals surface area contributed by atoms with E-state index in [1.807, 2.05) is 60.7 Å². The number of aromatic hydroxyl groups is 1. The number of aliphatic hydroxyl groups excluding tert-OH is 1. The largest absolute Gasteiger partial charge is 0.506 e. The lowest BCUT2D eigenvalue weighted by Gasteiger charge is -2.48. The van der Waals surface area contributed by atoms with Crippen molar-refractivity contribution in [1.29, 1.82) is 0 Å². The Morgan fingerprint density at radius 3 is 2.45 bits per heavy atom. The summed E-state index contributed by atoms with van der Waals surface area (Å²) in [5, 5.41) is 35.5. The van der Waals surface area contributed by atoms with Crippen LogP contribution in [0.1, 0.15) is 42.1 Å². The van der Waals surface area contributed by atoms with Gasteiger partial charge in [-0.1, -0.05) is 54.6 Å². The van der Waals surface area contributed by atoms with Crippen LogP contribution in [0.15, 0.2) is 105 Å². The second-order valence-corrected chi connectivity index (χ2v) is 14.4. The van der Waals surface area contributed by atoms with Gasteiger partial charge < -0.3 is 34.9 Å². The third-order valence-corrected chi connectivity index (χ3v) is 11.1. The fraction of sp³-hybridized carbons (Fsp3) is 0.310. The molecule has 3 aliphatic rings. The highest BCUT2D eigenvalue weighted by molar-refractivity contribution is 5.94. The third kappa shape index (κ3) is 7.94. The first kappa shape index (κ1) is 39.9. The third-order valence-electron chi connectivity index (χ3n) is 11.1. The topological polar surface area (TPSA) is 164 Å². The van der Waals surface area contributed by atoms with Gasteiger partial charge in [-0.2, -0.15) is 0 Å². The van der Waals surface area contributed by atoms with E-state index in [1.165, 1.54) is 12.1 Å². The minimum Gasteiger partial charge on any atom is -0.506 e. The van der Waals surface area contributed by atoms with Crippen molar-refractivity contribution in [1.82, 2.24) is 19.8 Å². The first-order chi connectivity index (χ1) is 26.2. The average molecular weight is 770 g/mol. The minimum atomic E-state index is -0.935. The molecule has 5 N–H and O–H groups in total. The van der Waals surface area contributed by atoms with Gasteiger partial charge in [-0.15, -0.1) is 0 Å². The van der Waals surface area contributed by atoms with Crippen molar-refractivity contribution >= 4 is 33.8 Å². The molecule has 2 atom stereocenters. The number of rotatable bonds is 12. The van der Waals surface area contributed by atoms with E-state index < -0.39 is 18.0 Å². The SMILES string of the molecule is F.F.O=C(O)N(c1cc(CCCn2c(=O)oc3cc(CNC[C@H](O)c4ccc(O)c5[nH]c(=O)ccc45)ccc32)ccc1-c1ccccc1)[C@H]1CN2CCC1CC2. The fourth-order valence-corrected chi connectivity index (χ4v) is 8.33. The number of phenolic OH excluding ortho intramolecular Hbond substituents is 1. The van der Waals surface area contributed by atoms with Crippen LogP contribution in [0.3, 0.4) is 0 Å². The van der Waals surface area contributed by atoms with Crippen molar-refractivity contribution < 1.29 is 33.9 Å². The molecule has 2 bridgehead atoms. The lowest BCUT2D eigenvalue weighted by molar-refractivity contribution is 0.0837. The maximum Gasteiger partial charge on any atom is 0.419 e. The van der Waals surface area contributed by atoms with Gasteiger partial charge in [-0.3, -0.25) is 23.7 Å². The van der Waals surface area contributed by atoms with Crippen LogP contribution in [0.25, 0.3) is 33.1 Å². The number of carboxylic acid groups (broad SMARTS) is 1. The summed E-state index contributed by atoms with van der Waals surface area (Å²) < 4.78 is 7.27. The molecule has 6 aromatic rings. The predicted octanol–water partition coefficient (Wildman–Crippen LogP) is 6.15. The molecule has 56 heavy (non-hydrogen) atoms. The van der Waals surface area contributed by atoms with Crippen LogP contribution in [-0.4, -0.2) is 68.1 Å². The molecule has 0 radical (unpaired) electrons. The molecule has 3 aliphatic heterocycles. The second kappa shape index (κ2) is 16.9. The number of halogens is 2. The summed E-state index contributed by atoms with van der Waals surface area (Å²) in [4.78, 5) is 44.3. The number of H-pyrrole nitrogens is 1. The summed E-state index contributed by atoms with van der Waals surface area (Å²) in [5.74, 6) is -0.174. The van der Waals surface area contributed by atoms with Gasteiger partial charge in [-0.05, 0) is 97.3 Å². The van der Waals surface area contributed by atoms with Gasteiger partial charge in [0.05, 0.1) is 28.9 Å². The Kier molecular flexibility index (Phi) is 12.0. The summed E-state index contributed by atoms with van der Waals surface area (Å²) >= 11 is 0. The number of amides is 1. The average Bonchev–Trinajstić information content (AvgIpc) is 3.49. The fourth-order valence-electron chi connectivity index (χ4n) is 8.33. The highest BCUT2D eigenvalue weighted by Crippen LogP contribution is 2.39. The van der Waals surface area contributed by atoms with E-state index in [-0.39, 0.29) is 38.8 Å². The number of aromatic amines is 1. The molecule has 3 saturated heterocycles. The highest BCUT2D eigenvalue weighted by Gasteiger charge is 2.41. The molecule has 0 saturated carbocycles. The minimum absolute atomic E-state index is 0. The molecule has 3 fully saturated rings. The number of piperidine rings is 3. The van der Waals surface area contributed by atoms with Crippen LogP contribution in [-0.2, 0) is 19.5 Å². The maximum absolute atomic E-state index is 13.0. The zero-order valence-electron chi connectivity index (χ0n) is 30.6. The number of hydrogen-bond acceptors (Lipinski definition) is 8. The second-order valence-electron chi connectivity index (χ2n) is 14.4. The Bertz CT molecular complexity index is 2440. The van der Waals surface area contributed by atoms with Crippen LogP contribution in [0.4, 0.5) is 19.9 Å². The lowest BCUT2D eigenvalue weighted by atomic mass is 9.82. The number of oxazole rings is 1. The number of aryl methyl sites for hydroxylation is 2. The van der Waals surface area contributed by atoms with Gasteiger partial charge in [0.2, 0.25) is 5.56 Å². The number of aromatic nitrogens is 2.